The molecule has 1 aromatic heterocycles. The standard InChI is InChI=1S/C12H15N3O/c1-16-12-4-2-10(3-5-12)6-7-15-9-11(13)8-14-15/h2-5,8-9H,6-7,13H2,1H3. The lowest BCUT2D eigenvalue weighted by molar-refractivity contribution is 0.414. The number of ether oxygens (including phenoxy) is 1. The number of anilines is 1. The fourth-order valence-corrected chi connectivity index (χ4v) is 1.54. The molecule has 0 aliphatic heterocycles. The molecule has 4 nitrogen and oxygen atoms in total. The molecule has 2 aromatic rings. The molecular formula is C12H15N3O. The van der Waals surface area contributed by atoms with Crippen LogP contribution in [0.1, 0.15) is 5.56 Å². The number of aromatic nitrogens is 2. The summed E-state index contributed by atoms with van der Waals surface area (Å²) >= 11 is 0. The van der Waals surface area contributed by atoms with Gasteiger partial charge in [-0.1, -0.05) is 12.1 Å². The van der Waals surface area contributed by atoms with Crippen LogP contribution in [0, 0.1) is 0 Å². The second kappa shape index (κ2) is 4.70. The summed E-state index contributed by atoms with van der Waals surface area (Å²) in [6.07, 6.45) is 4.43. The predicted molar refractivity (Wildman–Crippen MR) is 63.3 cm³/mol. The first-order valence-corrected chi connectivity index (χ1v) is 5.19. The highest BCUT2D eigenvalue weighted by Gasteiger charge is 1.97. The van der Waals surface area contributed by atoms with Gasteiger partial charge in [0.25, 0.3) is 0 Å². The van der Waals surface area contributed by atoms with Gasteiger partial charge in [-0.25, -0.2) is 0 Å². The molecule has 0 saturated carbocycles. The summed E-state index contributed by atoms with van der Waals surface area (Å²) in [6, 6.07) is 8.05. The molecule has 84 valence electrons. The van der Waals surface area contributed by atoms with Crippen molar-refractivity contribution in [2.75, 3.05) is 12.8 Å². The third-order valence-electron chi connectivity index (χ3n) is 2.44. The first kappa shape index (κ1) is 10.5. The molecule has 16 heavy (non-hydrogen) atoms. The van der Waals surface area contributed by atoms with E-state index in [1.54, 1.807) is 13.3 Å². The Morgan fingerprint density at radius 1 is 1.31 bits per heavy atom. The molecule has 1 aromatic carbocycles. The quantitative estimate of drug-likeness (QED) is 0.848. The van der Waals surface area contributed by atoms with Crippen LogP contribution >= 0.6 is 0 Å². The van der Waals surface area contributed by atoms with Gasteiger partial charge in [0.15, 0.2) is 0 Å². The van der Waals surface area contributed by atoms with E-state index < -0.39 is 0 Å². The number of hydrogen-bond donors (Lipinski definition) is 1. The summed E-state index contributed by atoms with van der Waals surface area (Å²) in [5.74, 6) is 0.882. The van der Waals surface area contributed by atoms with Crippen molar-refractivity contribution in [1.82, 2.24) is 9.78 Å². The largest absolute Gasteiger partial charge is 0.497 e. The van der Waals surface area contributed by atoms with Crippen LogP contribution in [0.4, 0.5) is 5.69 Å². The van der Waals surface area contributed by atoms with Crippen LogP contribution in [0.15, 0.2) is 36.7 Å². The van der Waals surface area contributed by atoms with Crippen molar-refractivity contribution in [3.05, 3.63) is 42.2 Å². The van der Waals surface area contributed by atoms with Gasteiger partial charge in [0.05, 0.1) is 19.0 Å². The Balaban J connectivity index is 1.94. The van der Waals surface area contributed by atoms with E-state index in [0.717, 1.165) is 18.7 Å². The van der Waals surface area contributed by atoms with Gasteiger partial charge in [-0.05, 0) is 24.1 Å². The van der Waals surface area contributed by atoms with Gasteiger partial charge in [-0.15, -0.1) is 0 Å². The van der Waals surface area contributed by atoms with Crippen molar-refractivity contribution < 1.29 is 4.74 Å². The normalized spacial score (nSPS) is 10.3. The zero-order valence-electron chi connectivity index (χ0n) is 9.26. The van der Waals surface area contributed by atoms with Crippen molar-refractivity contribution in [2.24, 2.45) is 0 Å². The van der Waals surface area contributed by atoms with E-state index in [0.29, 0.717) is 5.69 Å². The van der Waals surface area contributed by atoms with Crippen molar-refractivity contribution >= 4 is 5.69 Å². The minimum absolute atomic E-state index is 0.703. The number of hydrogen-bond acceptors (Lipinski definition) is 3. The van der Waals surface area contributed by atoms with E-state index in [4.69, 9.17) is 10.5 Å². The van der Waals surface area contributed by atoms with Gasteiger partial charge in [0, 0.05) is 12.7 Å². The van der Waals surface area contributed by atoms with Gasteiger partial charge in [0.2, 0.25) is 0 Å². The monoisotopic (exact) mass is 217 g/mol. The summed E-state index contributed by atoms with van der Waals surface area (Å²) in [5.41, 5.74) is 7.55. The maximum atomic E-state index is 5.59. The predicted octanol–water partition coefficient (Wildman–Crippen LogP) is 1.72. The molecule has 1 heterocycles. The van der Waals surface area contributed by atoms with Crippen LogP contribution in [-0.4, -0.2) is 16.9 Å². The average Bonchev–Trinajstić information content (AvgIpc) is 2.73. The van der Waals surface area contributed by atoms with Crippen LogP contribution in [-0.2, 0) is 13.0 Å². The van der Waals surface area contributed by atoms with Crippen molar-refractivity contribution in [3.8, 4) is 5.75 Å². The minimum Gasteiger partial charge on any atom is -0.497 e. The highest BCUT2D eigenvalue weighted by Crippen LogP contribution is 2.12. The van der Waals surface area contributed by atoms with Crippen LogP contribution in [0.3, 0.4) is 0 Å². The Kier molecular flexibility index (Phi) is 3.10. The van der Waals surface area contributed by atoms with Gasteiger partial charge >= 0.3 is 0 Å². The van der Waals surface area contributed by atoms with E-state index >= 15 is 0 Å². The SMILES string of the molecule is COc1ccc(CCn2cc(N)cn2)cc1. The molecular weight excluding hydrogens is 202 g/mol. The number of aryl methyl sites for hydroxylation is 2. The second-order valence-electron chi connectivity index (χ2n) is 3.63. The topological polar surface area (TPSA) is 53.1 Å². The summed E-state index contributed by atoms with van der Waals surface area (Å²) in [5, 5.41) is 4.13. The summed E-state index contributed by atoms with van der Waals surface area (Å²) in [6.45, 7) is 0.837. The second-order valence-corrected chi connectivity index (χ2v) is 3.63. The Bertz CT molecular complexity index is 448. The van der Waals surface area contributed by atoms with Crippen LogP contribution in [0.25, 0.3) is 0 Å². The van der Waals surface area contributed by atoms with Gasteiger partial charge in [-0.3, -0.25) is 4.68 Å². The summed E-state index contributed by atoms with van der Waals surface area (Å²) in [4.78, 5) is 0. The van der Waals surface area contributed by atoms with Crippen molar-refractivity contribution in [3.63, 3.8) is 0 Å². The lowest BCUT2D eigenvalue weighted by Crippen LogP contribution is -2.01. The van der Waals surface area contributed by atoms with Gasteiger partial charge in [-0.2, -0.15) is 5.10 Å². The molecule has 0 bridgehead atoms. The number of nitrogens with zero attached hydrogens (tertiary/aromatic N) is 2. The fraction of sp³-hybridized carbons (Fsp3) is 0.250. The van der Waals surface area contributed by atoms with Crippen LogP contribution in [0.5, 0.6) is 5.75 Å². The molecule has 0 radical (unpaired) electrons. The molecule has 0 fully saturated rings. The molecule has 0 spiro atoms. The lowest BCUT2D eigenvalue weighted by atomic mass is 10.1. The number of nitrogen functional groups attached to an aromatic ring is 1. The van der Waals surface area contributed by atoms with E-state index in [1.165, 1.54) is 5.56 Å². The molecule has 2 rings (SSSR count). The van der Waals surface area contributed by atoms with Crippen molar-refractivity contribution in [1.29, 1.82) is 0 Å². The average molecular weight is 217 g/mol. The summed E-state index contributed by atoms with van der Waals surface area (Å²) < 4.78 is 6.95. The van der Waals surface area contributed by atoms with E-state index in [-0.39, 0.29) is 0 Å². The molecule has 0 aliphatic carbocycles. The van der Waals surface area contributed by atoms with Crippen LogP contribution < -0.4 is 10.5 Å². The van der Waals surface area contributed by atoms with Crippen molar-refractivity contribution in [2.45, 2.75) is 13.0 Å². The Morgan fingerprint density at radius 2 is 2.06 bits per heavy atom. The Hall–Kier alpha value is -1.97. The summed E-state index contributed by atoms with van der Waals surface area (Å²) in [7, 11) is 1.67. The molecule has 0 unspecified atom stereocenters. The molecule has 0 amide bonds. The first-order chi connectivity index (χ1) is 7.78. The number of benzene rings is 1. The van der Waals surface area contributed by atoms with Gasteiger partial charge < -0.3 is 10.5 Å². The fourth-order valence-electron chi connectivity index (χ4n) is 1.54. The zero-order chi connectivity index (χ0) is 11.4. The maximum absolute atomic E-state index is 5.59. The Morgan fingerprint density at radius 3 is 2.62 bits per heavy atom. The lowest BCUT2D eigenvalue weighted by Gasteiger charge is -2.03. The molecule has 0 aliphatic rings. The third kappa shape index (κ3) is 2.53. The first-order valence-electron chi connectivity index (χ1n) is 5.19. The minimum atomic E-state index is 0.703. The maximum Gasteiger partial charge on any atom is 0.118 e. The molecule has 0 saturated heterocycles. The highest BCUT2D eigenvalue weighted by molar-refractivity contribution is 5.30. The van der Waals surface area contributed by atoms with E-state index in [9.17, 15) is 0 Å². The van der Waals surface area contributed by atoms with E-state index in [1.807, 2.05) is 23.0 Å². The smallest absolute Gasteiger partial charge is 0.118 e. The number of nitrogens with two attached hydrogens (primary N) is 1. The highest BCUT2D eigenvalue weighted by atomic mass is 16.5. The third-order valence-corrected chi connectivity index (χ3v) is 2.44. The molecule has 4 heteroatoms. The molecule has 2 N–H and O–H groups in total. The van der Waals surface area contributed by atoms with Gasteiger partial charge in [0.1, 0.15) is 5.75 Å². The molecule has 0 atom stereocenters. The zero-order valence-corrected chi connectivity index (χ0v) is 9.26. The Labute approximate surface area is 94.6 Å². The number of methoxy groups -OCH3 is 1. The van der Waals surface area contributed by atoms with E-state index in [2.05, 4.69) is 17.2 Å². The number of rotatable bonds is 4. The van der Waals surface area contributed by atoms with Crippen LogP contribution in [0.2, 0.25) is 0 Å².